The lowest BCUT2D eigenvalue weighted by molar-refractivity contribution is 1.72. The average Bonchev–Trinajstić information content (AvgIpc) is 2.31. The van der Waals surface area contributed by atoms with E-state index in [9.17, 15) is 0 Å². The summed E-state index contributed by atoms with van der Waals surface area (Å²) in [6, 6.07) is 4.07. The van der Waals surface area contributed by atoms with E-state index in [2.05, 4.69) is 37.9 Å². The third-order valence-corrected chi connectivity index (χ3v) is 3.99. The van der Waals surface area contributed by atoms with Gasteiger partial charge in [0, 0.05) is 24.4 Å². The van der Waals surface area contributed by atoms with E-state index < -0.39 is 0 Å². The molecule has 0 aliphatic rings. The van der Waals surface area contributed by atoms with E-state index in [1.807, 2.05) is 11.4 Å². The summed E-state index contributed by atoms with van der Waals surface area (Å²) in [5.41, 5.74) is 0. The molecule has 0 aliphatic heterocycles. The largest absolute Gasteiger partial charge is 0.142 e. The Balaban J connectivity index is 2.93. The molecule has 12 heavy (non-hydrogen) atoms. The second kappa shape index (κ2) is 3.29. The fraction of sp³-hybridized carbons (Fsp3) is 0. The fourth-order valence-corrected chi connectivity index (χ4v) is 4.16. The van der Waals surface area contributed by atoms with Crippen LogP contribution in [0.3, 0.4) is 0 Å². The number of thiophene rings is 1. The van der Waals surface area contributed by atoms with Crippen molar-refractivity contribution in [3.63, 3.8) is 0 Å². The molecule has 1 heterocycles. The third-order valence-electron chi connectivity index (χ3n) is 1.55. The molecule has 4 heteroatoms. The predicted octanol–water partition coefficient (Wildman–Crippen LogP) is 5.08. The molecule has 0 amide bonds. The molecule has 0 aliphatic carbocycles. The summed E-state index contributed by atoms with van der Waals surface area (Å²) in [6.45, 7) is 0. The van der Waals surface area contributed by atoms with E-state index in [-0.39, 0.29) is 0 Å². The Morgan fingerprint density at radius 2 is 2.00 bits per heavy atom. The van der Waals surface area contributed by atoms with Crippen LogP contribution in [0.2, 0.25) is 5.02 Å². The van der Waals surface area contributed by atoms with Gasteiger partial charge >= 0.3 is 0 Å². The second-order valence-electron chi connectivity index (χ2n) is 2.34. The molecule has 1 aromatic heterocycles. The smallest absolute Gasteiger partial charge is 0.0603 e. The topological polar surface area (TPSA) is 0 Å². The lowest BCUT2D eigenvalue weighted by Crippen LogP contribution is -1.69. The Morgan fingerprint density at radius 3 is 2.75 bits per heavy atom. The molecule has 0 N–H and O–H groups in total. The van der Waals surface area contributed by atoms with Crippen LogP contribution in [0.25, 0.3) is 10.1 Å². The van der Waals surface area contributed by atoms with Gasteiger partial charge in [0.25, 0.3) is 0 Å². The first-order chi connectivity index (χ1) is 5.68. The van der Waals surface area contributed by atoms with Crippen molar-refractivity contribution in [3.8, 4) is 0 Å². The minimum absolute atomic E-state index is 0.814. The Labute approximate surface area is 95.8 Å². The summed E-state index contributed by atoms with van der Waals surface area (Å²) in [4.78, 5) is 0. The molecular weight excluding hydrogens is 323 g/mol. The van der Waals surface area contributed by atoms with Gasteiger partial charge in [-0.2, -0.15) is 0 Å². The van der Waals surface area contributed by atoms with Crippen molar-refractivity contribution in [1.82, 2.24) is 0 Å². The van der Waals surface area contributed by atoms with Crippen molar-refractivity contribution in [3.05, 3.63) is 31.5 Å². The van der Waals surface area contributed by atoms with E-state index in [4.69, 9.17) is 11.6 Å². The molecule has 0 unspecified atom stereocenters. The van der Waals surface area contributed by atoms with E-state index in [0.29, 0.717) is 0 Å². The van der Waals surface area contributed by atoms with Gasteiger partial charge in [0.05, 0.1) is 5.02 Å². The maximum absolute atomic E-state index is 6.00. The summed E-state index contributed by atoms with van der Waals surface area (Å²) in [7, 11) is 0. The van der Waals surface area contributed by atoms with Crippen molar-refractivity contribution < 1.29 is 0 Å². The number of hydrogen-bond donors (Lipinski definition) is 0. The van der Waals surface area contributed by atoms with Crippen LogP contribution in [0.4, 0.5) is 0 Å². The predicted molar refractivity (Wildman–Crippen MR) is 62.2 cm³/mol. The summed E-state index contributed by atoms with van der Waals surface area (Å²) < 4.78 is 3.31. The number of halogens is 3. The maximum atomic E-state index is 6.00. The van der Waals surface area contributed by atoms with Gasteiger partial charge in [-0.05, 0) is 12.1 Å². The molecule has 0 saturated heterocycles. The van der Waals surface area contributed by atoms with Crippen LogP contribution >= 0.6 is 54.8 Å². The van der Waals surface area contributed by atoms with Gasteiger partial charge in [0.2, 0.25) is 0 Å². The molecule has 0 fully saturated rings. The highest BCUT2D eigenvalue weighted by Crippen LogP contribution is 2.37. The quantitative estimate of drug-likeness (QED) is 0.633. The third kappa shape index (κ3) is 1.43. The first kappa shape index (κ1) is 9.00. The van der Waals surface area contributed by atoms with Gasteiger partial charge in [0.1, 0.15) is 0 Å². The Morgan fingerprint density at radius 1 is 1.25 bits per heavy atom. The molecule has 0 bridgehead atoms. The number of hydrogen-bond acceptors (Lipinski definition) is 1. The maximum Gasteiger partial charge on any atom is 0.0603 e. The molecule has 62 valence electrons. The monoisotopic (exact) mass is 324 g/mol. The van der Waals surface area contributed by atoms with Crippen LogP contribution in [0, 0.1) is 0 Å². The molecule has 2 aromatic rings. The summed E-state index contributed by atoms with van der Waals surface area (Å²) >= 11 is 14.5. The number of fused-ring (bicyclic) bond motifs is 1. The standard InChI is InChI=1S/C8H3Br2ClS/c9-4-1-5(10)8-6(11)3-12-7(8)2-4/h1-3H. The number of rotatable bonds is 0. The SMILES string of the molecule is Clc1csc2cc(Br)cc(Br)c12. The van der Waals surface area contributed by atoms with Crippen molar-refractivity contribution >= 4 is 64.9 Å². The minimum atomic E-state index is 0.814. The van der Waals surface area contributed by atoms with Crippen LogP contribution in [0.5, 0.6) is 0 Å². The highest BCUT2D eigenvalue weighted by molar-refractivity contribution is 9.11. The van der Waals surface area contributed by atoms with E-state index in [1.54, 1.807) is 11.3 Å². The molecule has 0 nitrogen and oxygen atoms in total. The molecular formula is C8H3Br2ClS. The highest BCUT2D eigenvalue weighted by atomic mass is 79.9. The molecule has 1 aromatic carbocycles. The van der Waals surface area contributed by atoms with Gasteiger partial charge in [0.15, 0.2) is 0 Å². The molecule has 0 spiro atoms. The zero-order valence-corrected chi connectivity index (χ0v) is 10.5. The molecule has 0 saturated carbocycles. The van der Waals surface area contributed by atoms with E-state index in [1.165, 1.54) is 4.70 Å². The van der Waals surface area contributed by atoms with E-state index in [0.717, 1.165) is 19.4 Å². The Bertz CT molecular complexity index is 436. The van der Waals surface area contributed by atoms with Gasteiger partial charge in [-0.1, -0.05) is 43.5 Å². The lowest BCUT2D eigenvalue weighted by atomic mass is 10.3. The summed E-state index contributed by atoms with van der Waals surface area (Å²) in [5.74, 6) is 0. The zero-order chi connectivity index (χ0) is 8.72. The lowest BCUT2D eigenvalue weighted by Gasteiger charge is -1.96. The first-order valence-electron chi connectivity index (χ1n) is 3.20. The molecule has 0 radical (unpaired) electrons. The van der Waals surface area contributed by atoms with Crippen molar-refractivity contribution in [1.29, 1.82) is 0 Å². The average molecular weight is 326 g/mol. The Hall–Kier alpha value is 0.430. The van der Waals surface area contributed by atoms with E-state index >= 15 is 0 Å². The van der Waals surface area contributed by atoms with Gasteiger partial charge < -0.3 is 0 Å². The van der Waals surface area contributed by atoms with Crippen molar-refractivity contribution in [2.24, 2.45) is 0 Å². The number of benzene rings is 1. The van der Waals surface area contributed by atoms with Crippen molar-refractivity contribution in [2.75, 3.05) is 0 Å². The first-order valence-corrected chi connectivity index (χ1v) is 6.04. The van der Waals surface area contributed by atoms with Crippen LogP contribution in [0.1, 0.15) is 0 Å². The highest BCUT2D eigenvalue weighted by Gasteiger charge is 2.06. The molecule has 2 rings (SSSR count). The van der Waals surface area contributed by atoms with Gasteiger partial charge in [-0.15, -0.1) is 11.3 Å². The van der Waals surface area contributed by atoms with Crippen LogP contribution in [-0.4, -0.2) is 0 Å². The van der Waals surface area contributed by atoms with Gasteiger partial charge in [-0.25, -0.2) is 0 Å². The molecule has 0 atom stereocenters. The Kier molecular flexibility index (Phi) is 2.47. The normalized spacial score (nSPS) is 10.9. The summed E-state index contributed by atoms with van der Waals surface area (Å²) in [5, 5.41) is 3.86. The van der Waals surface area contributed by atoms with Crippen LogP contribution in [0.15, 0.2) is 26.5 Å². The second-order valence-corrected chi connectivity index (χ2v) is 5.43. The summed E-state index contributed by atoms with van der Waals surface area (Å²) in [6.07, 6.45) is 0. The van der Waals surface area contributed by atoms with Crippen molar-refractivity contribution in [2.45, 2.75) is 0 Å². The van der Waals surface area contributed by atoms with Gasteiger partial charge in [-0.3, -0.25) is 0 Å². The zero-order valence-electron chi connectivity index (χ0n) is 5.77. The van der Waals surface area contributed by atoms with Crippen LogP contribution in [-0.2, 0) is 0 Å². The minimum Gasteiger partial charge on any atom is -0.142 e. The van der Waals surface area contributed by atoms with Crippen LogP contribution < -0.4 is 0 Å². The fourth-order valence-electron chi connectivity index (χ4n) is 1.05.